The van der Waals surface area contributed by atoms with Crippen molar-refractivity contribution in [3.05, 3.63) is 32.4 Å². The molecule has 2 heterocycles. The summed E-state index contributed by atoms with van der Waals surface area (Å²) in [5.41, 5.74) is 1.30. The van der Waals surface area contributed by atoms with Gasteiger partial charge in [0.2, 0.25) is 0 Å². The van der Waals surface area contributed by atoms with E-state index in [2.05, 4.69) is 65.1 Å². The van der Waals surface area contributed by atoms with Crippen LogP contribution in [-0.4, -0.2) is 21.3 Å². The van der Waals surface area contributed by atoms with Crippen molar-refractivity contribution in [3.63, 3.8) is 0 Å². The van der Waals surface area contributed by atoms with E-state index in [4.69, 9.17) is 0 Å². The number of thiophene rings is 1. The molecule has 0 fully saturated rings. The normalized spacial score (nSPS) is 13.0. The van der Waals surface area contributed by atoms with Crippen molar-refractivity contribution in [2.75, 3.05) is 6.54 Å². The zero-order valence-corrected chi connectivity index (χ0v) is 15.5. The molecule has 2 aromatic rings. The number of aryl methyl sites for hydroxylation is 1. The molecule has 2 rings (SSSR count). The predicted octanol–water partition coefficient (Wildman–Crippen LogP) is 4.27. The highest BCUT2D eigenvalue weighted by Gasteiger charge is 2.19. The van der Waals surface area contributed by atoms with Gasteiger partial charge in [-0.2, -0.15) is 5.10 Å². The van der Waals surface area contributed by atoms with Gasteiger partial charge < -0.3 is 5.32 Å². The number of aromatic nitrogens is 3. The average Bonchev–Trinajstić information content (AvgIpc) is 3.02. The second kappa shape index (κ2) is 7.51. The van der Waals surface area contributed by atoms with Gasteiger partial charge in [0.05, 0.1) is 3.79 Å². The quantitative estimate of drug-likeness (QED) is 0.790. The van der Waals surface area contributed by atoms with Crippen LogP contribution in [0.5, 0.6) is 0 Å². The van der Waals surface area contributed by atoms with Crippen LogP contribution in [0.15, 0.2) is 16.2 Å². The highest BCUT2D eigenvalue weighted by molar-refractivity contribution is 9.11. The van der Waals surface area contributed by atoms with E-state index in [1.54, 1.807) is 17.7 Å². The summed E-state index contributed by atoms with van der Waals surface area (Å²) < 4.78 is 3.22. The van der Waals surface area contributed by atoms with Crippen LogP contribution in [0, 0.1) is 6.92 Å². The monoisotopic (exact) mass is 370 g/mol. The third-order valence-electron chi connectivity index (χ3n) is 3.38. The lowest BCUT2D eigenvalue weighted by molar-refractivity contribution is 0.466. The fourth-order valence-corrected chi connectivity index (χ4v) is 3.93. The molecule has 6 heteroatoms. The number of hydrogen-bond acceptors (Lipinski definition) is 4. The molecule has 0 spiro atoms. The van der Waals surface area contributed by atoms with E-state index in [1.165, 1.54) is 14.2 Å². The van der Waals surface area contributed by atoms with Crippen molar-refractivity contribution in [1.82, 2.24) is 20.1 Å². The third-order valence-corrected chi connectivity index (χ3v) is 5.63. The van der Waals surface area contributed by atoms with Crippen molar-refractivity contribution < 1.29 is 0 Å². The molecule has 1 atom stereocenters. The first-order valence-electron chi connectivity index (χ1n) is 7.40. The average molecular weight is 371 g/mol. The lowest BCUT2D eigenvalue weighted by Gasteiger charge is -2.18. The highest BCUT2D eigenvalue weighted by Crippen LogP contribution is 2.32. The van der Waals surface area contributed by atoms with Gasteiger partial charge in [-0.3, -0.25) is 0 Å². The van der Waals surface area contributed by atoms with Crippen molar-refractivity contribution >= 4 is 27.3 Å². The Morgan fingerprint density at radius 1 is 1.43 bits per heavy atom. The minimum absolute atomic E-state index is 0.293. The molecule has 2 aromatic heterocycles. The van der Waals surface area contributed by atoms with Gasteiger partial charge in [-0.25, -0.2) is 9.67 Å². The zero-order chi connectivity index (χ0) is 15.4. The summed E-state index contributed by atoms with van der Waals surface area (Å²) in [5, 5.41) is 7.98. The molecule has 116 valence electrons. The second-order valence-corrected chi connectivity index (χ2v) is 7.93. The van der Waals surface area contributed by atoms with Crippen LogP contribution in [-0.2, 0) is 6.42 Å². The summed E-state index contributed by atoms with van der Waals surface area (Å²) in [6.45, 7) is 9.61. The standard InChI is InChI=1S/C15H23BrN4S/c1-5-6-17-12(13-7-11(4)15(16)21-13)8-14-18-9-19-20(14)10(2)3/h7,9-10,12,17H,5-6,8H2,1-4H3. The van der Waals surface area contributed by atoms with E-state index in [0.717, 1.165) is 25.2 Å². The first kappa shape index (κ1) is 16.6. The molecule has 1 N–H and O–H groups in total. The molecule has 0 aliphatic heterocycles. The number of nitrogens with zero attached hydrogens (tertiary/aromatic N) is 3. The van der Waals surface area contributed by atoms with Gasteiger partial charge in [-0.1, -0.05) is 6.92 Å². The fourth-order valence-electron chi connectivity index (χ4n) is 2.28. The van der Waals surface area contributed by atoms with E-state index in [-0.39, 0.29) is 0 Å². The number of halogens is 1. The molecule has 0 saturated heterocycles. The van der Waals surface area contributed by atoms with Gasteiger partial charge in [0, 0.05) is 23.4 Å². The molecule has 4 nitrogen and oxygen atoms in total. The molecule has 0 aliphatic carbocycles. The molecule has 0 aromatic carbocycles. The van der Waals surface area contributed by atoms with Crippen LogP contribution in [0.25, 0.3) is 0 Å². The summed E-state index contributed by atoms with van der Waals surface area (Å²) in [5.74, 6) is 1.04. The smallest absolute Gasteiger partial charge is 0.138 e. The minimum atomic E-state index is 0.293. The predicted molar refractivity (Wildman–Crippen MR) is 91.9 cm³/mol. The Balaban J connectivity index is 2.21. The molecule has 0 saturated carbocycles. The topological polar surface area (TPSA) is 42.7 Å². The van der Waals surface area contributed by atoms with Gasteiger partial charge in [-0.05, 0) is 61.3 Å². The molecule has 0 radical (unpaired) electrons. The Kier molecular flexibility index (Phi) is 5.96. The van der Waals surface area contributed by atoms with E-state index < -0.39 is 0 Å². The Bertz CT molecular complexity index is 556. The molecular formula is C15H23BrN4S. The van der Waals surface area contributed by atoms with E-state index in [9.17, 15) is 0 Å². The summed E-state index contributed by atoms with van der Waals surface area (Å²) >= 11 is 5.43. The lowest BCUT2D eigenvalue weighted by Crippen LogP contribution is -2.25. The maximum Gasteiger partial charge on any atom is 0.138 e. The van der Waals surface area contributed by atoms with Crippen molar-refractivity contribution in [3.8, 4) is 0 Å². The Morgan fingerprint density at radius 3 is 2.76 bits per heavy atom. The molecule has 0 aliphatic rings. The zero-order valence-electron chi connectivity index (χ0n) is 13.1. The molecular weight excluding hydrogens is 348 g/mol. The van der Waals surface area contributed by atoms with Gasteiger partial charge in [0.1, 0.15) is 12.2 Å². The summed E-state index contributed by atoms with van der Waals surface area (Å²) in [6, 6.07) is 2.89. The van der Waals surface area contributed by atoms with E-state index >= 15 is 0 Å². The lowest BCUT2D eigenvalue weighted by atomic mass is 10.1. The van der Waals surface area contributed by atoms with Crippen LogP contribution in [0.2, 0.25) is 0 Å². The van der Waals surface area contributed by atoms with Gasteiger partial charge in [-0.15, -0.1) is 11.3 Å². The first-order chi connectivity index (χ1) is 10.0. The van der Waals surface area contributed by atoms with E-state index in [0.29, 0.717) is 12.1 Å². The van der Waals surface area contributed by atoms with Crippen LogP contribution in [0.3, 0.4) is 0 Å². The van der Waals surface area contributed by atoms with Crippen LogP contribution in [0.1, 0.15) is 55.5 Å². The largest absolute Gasteiger partial charge is 0.309 e. The second-order valence-electron chi connectivity index (χ2n) is 5.53. The number of nitrogens with one attached hydrogen (secondary N) is 1. The number of rotatable bonds is 7. The van der Waals surface area contributed by atoms with Gasteiger partial charge in [0.15, 0.2) is 0 Å². The Morgan fingerprint density at radius 2 is 2.19 bits per heavy atom. The third kappa shape index (κ3) is 4.14. The van der Waals surface area contributed by atoms with Gasteiger partial charge >= 0.3 is 0 Å². The number of hydrogen-bond donors (Lipinski definition) is 1. The summed E-state index contributed by atoms with van der Waals surface area (Å²) in [6.07, 6.45) is 3.64. The van der Waals surface area contributed by atoms with Crippen molar-refractivity contribution in [1.29, 1.82) is 0 Å². The van der Waals surface area contributed by atoms with Crippen LogP contribution in [0.4, 0.5) is 0 Å². The fraction of sp³-hybridized carbons (Fsp3) is 0.600. The molecule has 0 bridgehead atoms. The van der Waals surface area contributed by atoms with Gasteiger partial charge in [0.25, 0.3) is 0 Å². The Hall–Kier alpha value is -0.720. The van der Waals surface area contributed by atoms with Crippen molar-refractivity contribution in [2.45, 2.75) is 52.6 Å². The van der Waals surface area contributed by atoms with E-state index in [1.807, 2.05) is 4.68 Å². The Labute approximate surface area is 139 Å². The molecule has 1 unspecified atom stereocenters. The molecule has 0 amide bonds. The summed E-state index contributed by atoms with van der Waals surface area (Å²) in [7, 11) is 0. The van der Waals surface area contributed by atoms with Crippen LogP contribution < -0.4 is 5.32 Å². The first-order valence-corrected chi connectivity index (χ1v) is 9.01. The molecule has 21 heavy (non-hydrogen) atoms. The maximum absolute atomic E-state index is 4.44. The van der Waals surface area contributed by atoms with Crippen LogP contribution >= 0.6 is 27.3 Å². The SMILES string of the molecule is CCCNC(Cc1ncnn1C(C)C)c1cc(C)c(Br)s1. The highest BCUT2D eigenvalue weighted by atomic mass is 79.9. The van der Waals surface area contributed by atoms with Crippen molar-refractivity contribution in [2.24, 2.45) is 0 Å². The summed E-state index contributed by atoms with van der Waals surface area (Å²) in [4.78, 5) is 5.80. The maximum atomic E-state index is 4.44. The minimum Gasteiger partial charge on any atom is -0.309 e.